The van der Waals surface area contributed by atoms with Crippen LogP contribution in [0.5, 0.6) is 11.5 Å². The van der Waals surface area contributed by atoms with E-state index in [1.807, 2.05) is 12.2 Å². The second-order valence-corrected chi connectivity index (χ2v) is 6.69. The number of anilines is 1. The van der Waals surface area contributed by atoms with Crippen molar-refractivity contribution in [2.75, 3.05) is 25.6 Å². The Balaban J connectivity index is 1.67. The van der Waals surface area contributed by atoms with E-state index >= 15 is 0 Å². The van der Waals surface area contributed by atoms with Crippen LogP contribution < -0.4 is 20.1 Å². The van der Waals surface area contributed by atoms with Gasteiger partial charge in [-0.3, -0.25) is 19.7 Å². The van der Waals surface area contributed by atoms with Crippen molar-refractivity contribution in [3.63, 3.8) is 0 Å². The summed E-state index contributed by atoms with van der Waals surface area (Å²) in [5.41, 5.74) is 0.908. The van der Waals surface area contributed by atoms with Gasteiger partial charge < -0.3 is 19.5 Å². The van der Waals surface area contributed by atoms with E-state index in [4.69, 9.17) is 14.2 Å². The van der Waals surface area contributed by atoms with Gasteiger partial charge in [0.1, 0.15) is 11.5 Å². The number of amides is 3. The Kier molecular flexibility index (Phi) is 9.70. The van der Waals surface area contributed by atoms with E-state index in [-0.39, 0.29) is 18.6 Å². The molecule has 0 atom stereocenters. The molecule has 9 heteroatoms. The number of hydrogen-bond acceptors (Lipinski definition) is 7. The smallest absolute Gasteiger partial charge is 0.325 e. The Hall–Kier alpha value is -3.88. The zero-order chi connectivity index (χ0) is 23.3. The summed E-state index contributed by atoms with van der Waals surface area (Å²) in [6.07, 6.45) is 0.639. The zero-order valence-electron chi connectivity index (χ0n) is 18.0. The summed E-state index contributed by atoms with van der Waals surface area (Å²) >= 11 is 0. The molecule has 0 fully saturated rings. The minimum absolute atomic E-state index is 0.0619. The van der Waals surface area contributed by atoms with Crippen LogP contribution in [0.2, 0.25) is 0 Å². The zero-order valence-corrected chi connectivity index (χ0v) is 18.0. The molecule has 2 aromatic rings. The van der Waals surface area contributed by atoms with Gasteiger partial charge in [0.2, 0.25) is 0 Å². The molecule has 9 nitrogen and oxygen atoms in total. The summed E-state index contributed by atoms with van der Waals surface area (Å²) in [5, 5.41) is 4.51. The molecule has 0 aliphatic heterocycles. The van der Waals surface area contributed by atoms with Crippen LogP contribution in [0.15, 0.2) is 48.5 Å². The third-order valence-electron chi connectivity index (χ3n) is 4.17. The highest BCUT2D eigenvalue weighted by molar-refractivity contribution is 6.02. The molecule has 0 aliphatic carbocycles. The first-order valence-electron chi connectivity index (χ1n) is 10.1. The fourth-order valence-corrected chi connectivity index (χ4v) is 2.53. The number of imide groups is 1. The predicted octanol–water partition coefficient (Wildman–Crippen LogP) is 3.34. The molecule has 2 aromatic carbocycles. The molecule has 0 aliphatic rings. The molecular formula is C23H26N2O7. The fraction of sp³-hybridized carbons (Fsp3) is 0.304. The van der Waals surface area contributed by atoms with Crippen molar-refractivity contribution in [3.05, 3.63) is 54.1 Å². The van der Waals surface area contributed by atoms with Crippen LogP contribution in [0.3, 0.4) is 0 Å². The van der Waals surface area contributed by atoms with Gasteiger partial charge in [0.05, 0.1) is 20.1 Å². The number of esters is 1. The van der Waals surface area contributed by atoms with Crippen LogP contribution in [0.4, 0.5) is 10.5 Å². The number of ketones is 1. The Morgan fingerprint density at radius 2 is 1.53 bits per heavy atom. The number of ether oxygens (including phenoxy) is 3. The topological polar surface area (TPSA) is 120 Å². The Morgan fingerprint density at radius 1 is 0.875 bits per heavy atom. The number of Topliss-reactive ketones (excluding diaryl/α,β-unsaturated/α-hetero) is 1. The number of urea groups is 1. The molecule has 0 heterocycles. The van der Waals surface area contributed by atoms with Crippen molar-refractivity contribution in [2.45, 2.75) is 26.2 Å². The van der Waals surface area contributed by atoms with E-state index in [9.17, 15) is 19.2 Å². The lowest BCUT2D eigenvalue weighted by Gasteiger charge is -2.08. The van der Waals surface area contributed by atoms with Crippen molar-refractivity contribution in [1.29, 1.82) is 0 Å². The summed E-state index contributed by atoms with van der Waals surface area (Å²) in [6, 6.07) is 12.4. The SMILES string of the molecule is CCCOc1ccc(C(=O)CCC(=O)OCC(=O)NC(=O)Nc2ccc(OC)cc2)cc1. The van der Waals surface area contributed by atoms with E-state index in [2.05, 4.69) is 5.32 Å². The maximum Gasteiger partial charge on any atom is 0.325 e. The minimum Gasteiger partial charge on any atom is -0.497 e. The van der Waals surface area contributed by atoms with Crippen LogP contribution in [-0.4, -0.2) is 44.0 Å². The van der Waals surface area contributed by atoms with Gasteiger partial charge in [-0.1, -0.05) is 6.92 Å². The summed E-state index contributed by atoms with van der Waals surface area (Å²) in [6.45, 7) is 1.96. The number of methoxy groups -OCH3 is 1. The Morgan fingerprint density at radius 3 is 2.16 bits per heavy atom. The third kappa shape index (κ3) is 8.47. The molecule has 2 rings (SSSR count). The summed E-state index contributed by atoms with van der Waals surface area (Å²) < 4.78 is 15.3. The molecular weight excluding hydrogens is 416 g/mol. The third-order valence-corrected chi connectivity index (χ3v) is 4.17. The van der Waals surface area contributed by atoms with Gasteiger partial charge in [-0.15, -0.1) is 0 Å². The minimum atomic E-state index is -0.793. The second kappa shape index (κ2) is 12.7. The number of benzene rings is 2. The molecule has 32 heavy (non-hydrogen) atoms. The Bertz CT molecular complexity index is 924. The highest BCUT2D eigenvalue weighted by Crippen LogP contribution is 2.15. The number of rotatable bonds is 11. The molecule has 0 aromatic heterocycles. The molecule has 2 N–H and O–H groups in total. The van der Waals surface area contributed by atoms with Gasteiger partial charge in [-0.2, -0.15) is 0 Å². The van der Waals surface area contributed by atoms with Gasteiger partial charge in [0, 0.05) is 17.7 Å². The molecule has 0 unspecified atom stereocenters. The maximum absolute atomic E-state index is 12.2. The molecule has 170 valence electrons. The van der Waals surface area contributed by atoms with E-state index in [1.54, 1.807) is 48.5 Å². The average molecular weight is 442 g/mol. The van der Waals surface area contributed by atoms with Gasteiger partial charge in [-0.25, -0.2) is 4.79 Å². The summed E-state index contributed by atoms with van der Waals surface area (Å²) in [5.74, 6) is -0.446. The lowest BCUT2D eigenvalue weighted by atomic mass is 10.1. The molecule has 0 bridgehead atoms. The van der Waals surface area contributed by atoms with Gasteiger partial charge in [0.25, 0.3) is 5.91 Å². The fourth-order valence-electron chi connectivity index (χ4n) is 2.53. The van der Waals surface area contributed by atoms with Crippen molar-refractivity contribution < 1.29 is 33.4 Å². The van der Waals surface area contributed by atoms with Crippen LogP contribution in [0.1, 0.15) is 36.5 Å². The van der Waals surface area contributed by atoms with Crippen molar-refractivity contribution in [3.8, 4) is 11.5 Å². The van der Waals surface area contributed by atoms with E-state index < -0.39 is 24.5 Å². The highest BCUT2D eigenvalue weighted by Gasteiger charge is 2.14. The van der Waals surface area contributed by atoms with Crippen LogP contribution in [-0.2, 0) is 14.3 Å². The average Bonchev–Trinajstić information content (AvgIpc) is 2.80. The van der Waals surface area contributed by atoms with Crippen LogP contribution in [0.25, 0.3) is 0 Å². The predicted molar refractivity (Wildman–Crippen MR) is 117 cm³/mol. The molecule has 0 saturated heterocycles. The first-order chi connectivity index (χ1) is 15.4. The highest BCUT2D eigenvalue weighted by atomic mass is 16.5. The number of carbonyl (C=O) groups excluding carboxylic acids is 4. The van der Waals surface area contributed by atoms with Gasteiger partial charge in [0.15, 0.2) is 12.4 Å². The summed E-state index contributed by atoms with van der Waals surface area (Å²) in [7, 11) is 1.52. The summed E-state index contributed by atoms with van der Waals surface area (Å²) in [4.78, 5) is 47.6. The monoisotopic (exact) mass is 442 g/mol. The normalized spacial score (nSPS) is 10.1. The molecule has 0 saturated carbocycles. The van der Waals surface area contributed by atoms with Crippen LogP contribution >= 0.6 is 0 Å². The van der Waals surface area contributed by atoms with Crippen molar-refractivity contribution in [1.82, 2.24) is 5.32 Å². The molecule has 0 spiro atoms. The molecule has 3 amide bonds. The lowest BCUT2D eigenvalue weighted by Crippen LogP contribution is -2.37. The standard InChI is InChI=1S/C23H26N2O7/c1-3-14-31-19-8-4-16(5-9-19)20(26)12-13-22(28)32-15-21(27)25-23(29)24-17-6-10-18(30-2)11-7-17/h4-11H,3,12-15H2,1-2H3,(H2,24,25,27,29). The van der Waals surface area contributed by atoms with Crippen LogP contribution in [0, 0.1) is 0 Å². The quantitative estimate of drug-likeness (QED) is 0.404. The number of carbonyl (C=O) groups is 4. The van der Waals surface area contributed by atoms with Gasteiger partial charge in [-0.05, 0) is 55.0 Å². The Labute approximate surface area is 186 Å². The van der Waals surface area contributed by atoms with E-state index in [0.29, 0.717) is 29.4 Å². The van der Waals surface area contributed by atoms with E-state index in [0.717, 1.165) is 6.42 Å². The van der Waals surface area contributed by atoms with Gasteiger partial charge >= 0.3 is 12.0 Å². The first-order valence-corrected chi connectivity index (χ1v) is 10.1. The van der Waals surface area contributed by atoms with E-state index in [1.165, 1.54) is 7.11 Å². The maximum atomic E-state index is 12.2. The second-order valence-electron chi connectivity index (χ2n) is 6.69. The van der Waals surface area contributed by atoms with Crippen molar-refractivity contribution in [2.24, 2.45) is 0 Å². The van der Waals surface area contributed by atoms with Crippen molar-refractivity contribution >= 4 is 29.4 Å². The number of nitrogens with one attached hydrogen (secondary N) is 2. The number of hydrogen-bond donors (Lipinski definition) is 2. The molecule has 0 radical (unpaired) electrons. The first kappa shape index (κ1) is 24.4. The largest absolute Gasteiger partial charge is 0.497 e. The lowest BCUT2D eigenvalue weighted by molar-refractivity contribution is -0.148.